The monoisotopic (exact) mass is 252 g/mol. The maximum Gasteiger partial charge on any atom is 0.319 e. The number of aromatic nitrogens is 3. The Hall–Kier alpha value is -1.92. The fourth-order valence-corrected chi connectivity index (χ4v) is 2.15. The second kappa shape index (κ2) is 4.40. The van der Waals surface area contributed by atoms with Gasteiger partial charge in [-0.25, -0.2) is 0 Å². The molecule has 0 saturated heterocycles. The lowest BCUT2D eigenvalue weighted by Crippen LogP contribution is -2.51. The molecule has 0 radical (unpaired) electrons. The molecule has 18 heavy (non-hydrogen) atoms. The molecule has 0 aromatic carbocycles. The first-order chi connectivity index (χ1) is 8.47. The van der Waals surface area contributed by atoms with E-state index in [1.807, 2.05) is 0 Å². The molecular formula is C11H16N4O3. The van der Waals surface area contributed by atoms with Gasteiger partial charge in [-0.2, -0.15) is 0 Å². The van der Waals surface area contributed by atoms with Gasteiger partial charge in [-0.05, 0) is 19.8 Å². The van der Waals surface area contributed by atoms with Crippen molar-refractivity contribution < 1.29 is 14.7 Å². The van der Waals surface area contributed by atoms with Gasteiger partial charge in [-0.1, -0.05) is 6.42 Å². The van der Waals surface area contributed by atoms with Gasteiger partial charge in [-0.3, -0.25) is 9.59 Å². The van der Waals surface area contributed by atoms with E-state index in [-0.39, 0.29) is 6.04 Å². The molecule has 0 spiro atoms. The Morgan fingerprint density at radius 3 is 2.61 bits per heavy atom. The van der Waals surface area contributed by atoms with E-state index < -0.39 is 17.3 Å². The van der Waals surface area contributed by atoms with Crippen LogP contribution >= 0.6 is 0 Å². The Balaban J connectivity index is 2.08. The summed E-state index contributed by atoms with van der Waals surface area (Å²) in [5, 5.41) is 19.5. The molecule has 1 atom stereocenters. The second-order valence-corrected chi connectivity index (χ2v) is 4.74. The van der Waals surface area contributed by atoms with E-state index >= 15 is 0 Å². The van der Waals surface area contributed by atoms with Gasteiger partial charge in [-0.15, -0.1) is 10.2 Å². The minimum Gasteiger partial charge on any atom is -0.480 e. The third kappa shape index (κ3) is 1.85. The van der Waals surface area contributed by atoms with Crippen molar-refractivity contribution in [2.24, 2.45) is 12.5 Å². The third-order valence-electron chi connectivity index (χ3n) is 3.53. The number of carbonyl (C=O) groups excluding carboxylic acids is 1. The average molecular weight is 252 g/mol. The maximum atomic E-state index is 12.1. The number of rotatable bonds is 4. The molecule has 0 aliphatic heterocycles. The molecule has 1 heterocycles. The molecule has 1 unspecified atom stereocenters. The van der Waals surface area contributed by atoms with E-state index in [0.717, 1.165) is 6.42 Å². The largest absolute Gasteiger partial charge is 0.480 e. The fourth-order valence-electron chi connectivity index (χ4n) is 2.15. The second-order valence-electron chi connectivity index (χ2n) is 4.74. The number of amides is 1. The smallest absolute Gasteiger partial charge is 0.319 e. The Bertz CT molecular complexity index is 478. The predicted molar refractivity (Wildman–Crippen MR) is 61.5 cm³/mol. The minimum absolute atomic E-state index is 0.359. The average Bonchev–Trinajstić information content (AvgIpc) is 2.61. The molecular weight excluding hydrogens is 236 g/mol. The summed E-state index contributed by atoms with van der Waals surface area (Å²) >= 11 is 0. The maximum absolute atomic E-state index is 12.1. The van der Waals surface area contributed by atoms with Crippen molar-refractivity contribution in [1.82, 2.24) is 20.1 Å². The first-order valence-electron chi connectivity index (χ1n) is 5.85. The van der Waals surface area contributed by atoms with Crippen molar-refractivity contribution in [3.63, 3.8) is 0 Å². The van der Waals surface area contributed by atoms with E-state index in [9.17, 15) is 9.59 Å². The number of nitrogens with zero attached hydrogens (tertiary/aromatic N) is 3. The number of aliphatic carboxylic acids is 1. The van der Waals surface area contributed by atoms with Crippen LogP contribution in [0, 0.1) is 5.41 Å². The van der Waals surface area contributed by atoms with Crippen LogP contribution in [0.3, 0.4) is 0 Å². The Labute approximate surface area is 104 Å². The third-order valence-corrected chi connectivity index (χ3v) is 3.53. The van der Waals surface area contributed by atoms with Crippen molar-refractivity contribution in [2.75, 3.05) is 0 Å². The summed E-state index contributed by atoms with van der Waals surface area (Å²) in [5.74, 6) is -0.878. The summed E-state index contributed by atoms with van der Waals surface area (Å²) in [6, 6.07) is -0.359. The highest BCUT2D eigenvalue weighted by Gasteiger charge is 2.51. The van der Waals surface area contributed by atoms with Crippen LogP contribution in [0.1, 0.15) is 38.1 Å². The zero-order valence-corrected chi connectivity index (χ0v) is 10.4. The summed E-state index contributed by atoms with van der Waals surface area (Å²) in [6.07, 6.45) is 3.12. The number of carbonyl (C=O) groups is 2. The first kappa shape index (κ1) is 12.5. The predicted octanol–water partition coefficient (Wildman–Crippen LogP) is 0.247. The van der Waals surface area contributed by atoms with Crippen LogP contribution in [0.4, 0.5) is 0 Å². The van der Waals surface area contributed by atoms with Crippen molar-refractivity contribution >= 4 is 11.9 Å². The van der Waals surface area contributed by atoms with E-state index in [1.165, 1.54) is 6.33 Å². The zero-order chi connectivity index (χ0) is 13.3. The van der Waals surface area contributed by atoms with Crippen LogP contribution in [0.5, 0.6) is 0 Å². The number of carboxylic acids is 1. The quantitative estimate of drug-likeness (QED) is 0.748. The number of carboxylic acid groups (broad SMARTS) is 1. The van der Waals surface area contributed by atoms with Crippen molar-refractivity contribution in [3.05, 3.63) is 12.2 Å². The van der Waals surface area contributed by atoms with Crippen LogP contribution in [-0.2, 0) is 16.6 Å². The van der Waals surface area contributed by atoms with Crippen molar-refractivity contribution in [1.29, 1.82) is 0 Å². The Morgan fingerprint density at radius 2 is 2.22 bits per heavy atom. The van der Waals surface area contributed by atoms with E-state index in [0.29, 0.717) is 18.7 Å². The Morgan fingerprint density at radius 1 is 1.56 bits per heavy atom. The van der Waals surface area contributed by atoms with E-state index in [1.54, 1.807) is 18.5 Å². The molecule has 98 valence electrons. The van der Waals surface area contributed by atoms with Crippen LogP contribution in [-0.4, -0.2) is 31.7 Å². The van der Waals surface area contributed by atoms with Gasteiger partial charge in [0.1, 0.15) is 11.7 Å². The summed E-state index contributed by atoms with van der Waals surface area (Å²) in [4.78, 5) is 23.2. The standard InChI is InChI=1S/C11H16N4O3/c1-7(8-14-12-6-15(8)2)13-9(16)11(10(17)18)4-3-5-11/h6-7H,3-5H2,1-2H3,(H,13,16)(H,17,18). The van der Waals surface area contributed by atoms with Crippen LogP contribution in [0.25, 0.3) is 0 Å². The van der Waals surface area contributed by atoms with Gasteiger partial charge in [0.25, 0.3) is 0 Å². The van der Waals surface area contributed by atoms with Crippen LogP contribution in [0.2, 0.25) is 0 Å². The SMILES string of the molecule is CC(NC(=O)C1(C(=O)O)CCC1)c1nncn1C. The van der Waals surface area contributed by atoms with Crippen molar-refractivity contribution in [3.8, 4) is 0 Å². The number of hydrogen-bond acceptors (Lipinski definition) is 4. The first-order valence-corrected chi connectivity index (χ1v) is 5.85. The van der Waals surface area contributed by atoms with Gasteiger partial charge in [0, 0.05) is 7.05 Å². The molecule has 1 aliphatic rings. The van der Waals surface area contributed by atoms with Gasteiger partial charge in [0.05, 0.1) is 6.04 Å². The lowest BCUT2D eigenvalue weighted by Gasteiger charge is -2.36. The van der Waals surface area contributed by atoms with Crippen molar-refractivity contribution in [2.45, 2.75) is 32.2 Å². The van der Waals surface area contributed by atoms with Gasteiger partial charge in [0.15, 0.2) is 5.82 Å². The molecule has 1 aliphatic carbocycles. The number of nitrogens with one attached hydrogen (secondary N) is 1. The van der Waals surface area contributed by atoms with Gasteiger partial charge in [0.2, 0.25) is 5.91 Å². The summed E-state index contributed by atoms with van der Waals surface area (Å²) in [7, 11) is 1.77. The molecule has 2 rings (SSSR count). The van der Waals surface area contributed by atoms with Crippen LogP contribution < -0.4 is 5.32 Å². The molecule has 7 nitrogen and oxygen atoms in total. The highest BCUT2D eigenvalue weighted by atomic mass is 16.4. The van der Waals surface area contributed by atoms with Gasteiger partial charge < -0.3 is 15.0 Å². The van der Waals surface area contributed by atoms with Gasteiger partial charge >= 0.3 is 5.97 Å². The summed E-state index contributed by atoms with van der Waals surface area (Å²) in [6.45, 7) is 1.76. The normalized spacial score (nSPS) is 18.8. The molecule has 1 amide bonds. The summed E-state index contributed by atoms with van der Waals surface area (Å²) < 4.78 is 1.69. The highest BCUT2D eigenvalue weighted by Crippen LogP contribution is 2.41. The lowest BCUT2D eigenvalue weighted by atomic mass is 9.68. The highest BCUT2D eigenvalue weighted by molar-refractivity contribution is 6.02. The number of hydrogen-bond donors (Lipinski definition) is 2. The fraction of sp³-hybridized carbons (Fsp3) is 0.636. The topological polar surface area (TPSA) is 97.1 Å². The molecule has 1 aromatic heterocycles. The molecule has 1 saturated carbocycles. The molecule has 7 heteroatoms. The zero-order valence-electron chi connectivity index (χ0n) is 10.4. The minimum atomic E-state index is -1.24. The lowest BCUT2D eigenvalue weighted by molar-refractivity contribution is -0.162. The number of aryl methyl sites for hydroxylation is 1. The van der Waals surface area contributed by atoms with E-state index in [2.05, 4.69) is 15.5 Å². The van der Waals surface area contributed by atoms with Crippen LogP contribution in [0.15, 0.2) is 6.33 Å². The molecule has 1 fully saturated rings. The molecule has 2 N–H and O–H groups in total. The molecule has 1 aromatic rings. The Kier molecular flexibility index (Phi) is 3.06. The summed E-state index contributed by atoms with van der Waals surface area (Å²) in [5.41, 5.74) is -1.24. The van der Waals surface area contributed by atoms with E-state index in [4.69, 9.17) is 5.11 Å². The molecule has 0 bridgehead atoms.